The van der Waals surface area contributed by atoms with E-state index in [0.717, 1.165) is 12.1 Å². The van der Waals surface area contributed by atoms with Crippen molar-refractivity contribution in [1.82, 2.24) is 10.2 Å². The fraction of sp³-hybridized carbons (Fsp3) is 1.00. The minimum absolute atomic E-state index is 0.866. The fourth-order valence-electron chi connectivity index (χ4n) is 2.04. The van der Waals surface area contributed by atoms with Crippen molar-refractivity contribution < 1.29 is 0 Å². The van der Waals surface area contributed by atoms with Gasteiger partial charge in [-0.1, -0.05) is 13.3 Å². The molecule has 1 heterocycles. The number of nitrogens with zero attached hydrogens (tertiary/aromatic N) is 1. The molecule has 11 heavy (non-hydrogen) atoms. The molecule has 1 N–H and O–H groups in total. The van der Waals surface area contributed by atoms with Gasteiger partial charge in [0.25, 0.3) is 0 Å². The van der Waals surface area contributed by atoms with Crippen LogP contribution in [-0.2, 0) is 0 Å². The largest absolute Gasteiger partial charge is 0.314 e. The van der Waals surface area contributed by atoms with Crippen LogP contribution in [0.3, 0.4) is 0 Å². The fourth-order valence-corrected chi connectivity index (χ4v) is 2.04. The van der Waals surface area contributed by atoms with E-state index in [9.17, 15) is 0 Å². The molecule has 1 aliphatic carbocycles. The molecule has 0 aromatic carbocycles. The highest BCUT2D eigenvalue weighted by atomic mass is 15.3. The molecule has 0 spiro atoms. The Morgan fingerprint density at radius 2 is 2.00 bits per heavy atom. The van der Waals surface area contributed by atoms with Crippen LogP contribution in [0.15, 0.2) is 0 Å². The Balaban J connectivity index is 1.83. The van der Waals surface area contributed by atoms with Crippen molar-refractivity contribution in [2.75, 3.05) is 19.6 Å². The van der Waals surface area contributed by atoms with E-state index in [-0.39, 0.29) is 0 Å². The highest BCUT2D eigenvalue weighted by molar-refractivity contribution is 4.90. The minimum atomic E-state index is 0.866. The van der Waals surface area contributed by atoms with Crippen LogP contribution in [0.5, 0.6) is 0 Å². The Bertz CT molecular complexity index is 114. The van der Waals surface area contributed by atoms with Gasteiger partial charge < -0.3 is 5.32 Å². The Hall–Kier alpha value is -0.0800. The molecule has 0 bridgehead atoms. The Labute approximate surface area is 69.0 Å². The average molecular weight is 154 g/mol. The summed E-state index contributed by atoms with van der Waals surface area (Å²) in [5.74, 6) is 0. The SMILES string of the molecule is CCN(C1CCC1)C1CNC1. The summed E-state index contributed by atoms with van der Waals surface area (Å²) < 4.78 is 0. The average Bonchev–Trinajstić information content (AvgIpc) is 1.78. The van der Waals surface area contributed by atoms with Gasteiger partial charge in [-0.05, 0) is 19.4 Å². The summed E-state index contributed by atoms with van der Waals surface area (Å²) in [4.78, 5) is 2.68. The van der Waals surface area contributed by atoms with E-state index >= 15 is 0 Å². The molecule has 64 valence electrons. The maximum absolute atomic E-state index is 3.34. The van der Waals surface area contributed by atoms with E-state index in [4.69, 9.17) is 0 Å². The molecule has 2 rings (SSSR count). The summed E-state index contributed by atoms with van der Waals surface area (Å²) in [6.45, 7) is 5.99. The van der Waals surface area contributed by atoms with Gasteiger partial charge in [0, 0.05) is 25.2 Å². The molecule has 2 aliphatic rings. The zero-order valence-corrected chi connectivity index (χ0v) is 7.34. The number of hydrogen-bond donors (Lipinski definition) is 1. The van der Waals surface area contributed by atoms with Crippen molar-refractivity contribution >= 4 is 0 Å². The summed E-state index contributed by atoms with van der Waals surface area (Å²) in [6, 6.07) is 1.80. The molecule has 1 saturated carbocycles. The molecule has 0 unspecified atom stereocenters. The molecule has 0 aromatic heterocycles. The van der Waals surface area contributed by atoms with Crippen molar-refractivity contribution in [3.8, 4) is 0 Å². The number of likely N-dealkylation sites (N-methyl/N-ethyl adjacent to an activating group) is 1. The van der Waals surface area contributed by atoms with E-state index in [1.165, 1.54) is 38.9 Å². The number of hydrogen-bond acceptors (Lipinski definition) is 2. The lowest BCUT2D eigenvalue weighted by atomic mass is 9.89. The van der Waals surface area contributed by atoms with Crippen LogP contribution in [0.4, 0.5) is 0 Å². The molecule has 0 atom stereocenters. The van der Waals surface area contributed by atoms with Crippen LogP contribution in [-0.4, -0.2) is 36.6 Å². The zero-order valence-electron chi connectivity index (χ0n) is 7.34. The van der Waals surface area contributed by atoms with Gasteiger partial charge in [-0.3, -0.25) is 4.90 Å². The number of rotatable bonds is 3. The van der Waals surface area contributed by atoms with Crippen LogP contribution in [0, 0.1) is 0 Å². The van der Waals surface area contributed by atoms with Crippen molar-refractivity contribution in [2.45, 2.75) is 38.3 Å². The highest BCUT2D eigenvalue weighted by Gasteiger charge is 2.31. The molecule has 0 aromatic rings. The van der Waals surface area contributed by atoms with Gasteiger partial charge in [0.15, 0.2) is 0 Å². The molecular weight excluding hydrogens is 136 g/mol. The van der Waals surface area contributed by atoms with Gasteiger partial charge in [-0.2, -0.15) is 0 Å². The lowest BCUT2D eigenvalue weighted by Gasteiger charge is -2.46. The smallest absolute Gasteiger partial charge is 0.0348 e. The quantitative estimate of drug-likeness (QED) is 0.648. The molecule has 1 aliphatic heterocycles. The van der Waals surface area contributed by atoms with Gasteiger partial charge in [0.1, 0.15) is 0 Å². The standard InChI is InChI=1S/C9H18N2/c1-2-11(8-4-3-5-8)9-6-10-7-9/h8-10H,2-7H2,1H3. The van der Waals surface area contributed by atoms with E-state index < -0.39 is 0 Å². The van der Waals surface area contributed by atoms with Crippen LogP contribution in [0.2, 0.25) is 0 Å². The second-order valence-electron chi connectivity index (χ2n) is 3.73. The first kappa shape index (κ1) is 7.56. The highest BCUT2D eigenvalue weighted by Crippen LogP contribution is 2.26. The molecule has 2 fully saturated rings. The second-order valence-corrected chi connectivity index (χ2v) is 3.73. The predicted octanol–water partition coefficient (Wildman–Crippen LogP) is 0.833. The first-order chi connectivity index (χ1) is 5.42. The van der Waals surface area contributed by atoms with E-state index in [1.807, 2.05) is 0 Å². The lowest BCUT2D eigenvalue weighted by molar-refractivity contribution is 0.0584. The van der Waals surface area contributed by atoms with Crippen molar-refractivity contribution in [2.24, 2.45) is 0 Å². The Morgan fingerprint density at radius 1 is 1.27 bits per heavy atom. The summed E-state index contributed by atoms with van der Waals surface area (Å²) in [5.41, 5.74) is 0. The van der Waals surface area contributed by atoms with Crippen LogP contribution < -0.4 is 5.32 Å². The van der Waals surface area contributed by atoms with E-state index in [0.29, 0.717) is 0 Å². The maximum atomic E-state index is 3.34. The van der Waals surface area contributed by atoms with Crippen molar-refractivity contribution in [1.29, 1.82) is 0 Å². The first-order valence-electron chi connectivity index (χ1n) is 4.88. The summed E-state index contributed by atoms with van der Waals surface area (Å²) in [7, 11) is 0. The Kier molecular flexibility index (Phi) is 2.14. The second kappa shape index (κ2) is 3.11. The third kappa shape index (κ3) is 1.30. The molecule has 2 heteroatoms. The molecule has 0 amide bonds. The molecular formula is C9H18N2. The monoisotopic (exact) mass is 154 g/mol. The van der Waals surface area contributed by atoms with Gasteiger partial charge in [-0.15, -0.1) is 0 Å². The summed E-state index contributed by atoms with van der Waals surface area (Å²) >= 11 is 0. The zero-order chi connectivity index (χ0) is 7.68. The van der Waals surface area contributed by atoms with Gasteiger partial charge >= 0.3 is 0 Å². The minimum Gasteiger partial charge on any atom is -0.314 e. The molecule has 2 nitrogen and oxygen atoms in total. The molecule has 1 saturated heterocycles. The Morgan fingerprint density at radius 3 is 2.27 bits per heavy atom. The van der Waals surface area contributed by atoms with Crippen molar-refractivity contribution in [3.63, 3.8) is 0 Å². The van der Waals surface area contributed by atoms with Crippen molar-refractivity contribution in [3.05, 3.63) is 0 Å². The normalized spacial score (nSPS) is 26.7. The summed E-state index contributed by atoms with van der Waals surface area (Å²) in [5, 5.41) is 3.34. The number of nitrogens with one attached hydrogen (secondary N) is 1. The maximum Gasteiger partial charge on any atom is 0.0348 e. The van der Waals surface area contributed by atoms with Gasteiger partial charge in [-0.25, -0.2) is 0 Å². The van der Waals surface area contributed by atoms with Crippen LogP contribution >= 0.6 is 0 Å². The topological polar surface area (TPSA) is 15.3 Å². The summed E-state index contributed by atoms with van der Waals surface area (Å²) in [6.07, 6.45) is 4.36. The third-order valence-corrected chi connectivity index (χ3v) is 3.14. The third-order valence-electron chi connectivity index (χ3n) is 3.14. The van der Waals surface area contributed by atoms with E-state index in [2.05, 4.69) is 17.1 Å². The lowest BCUT2D eigenvalue weighted by Crippen LogP contribution is -2.60. The van der Waals surface area contributed by atoms with Gasteiger partial charge in [0.05, 0.1) is 0 Å². The first-order valence-corrected chi connectivity index (χ1v) is 4.88. The van der Waals surface area contributed by atoms with Crippen LogP contribution in [0.25, 0.3) is 0 Å². The molecule has 0 radical (unpaired) electrons. The van der Waals surface area contributed by atoms with Crippen LogP contribution in [0.1, 0.15) is 26.2 Å². The predicted molar refractivity (Wildman–Crippen MR) is 46.7 cm³/mol. The van der Waals surface area contributed by atoms with E-state index in [1.54, 1.807) is 0 Å². The van der Waals surface area contributed by atoms with Gasteiger partial charge in [0.2, 0.25) is 0 Å².